The number of rotatable bonds is 3. The Morgan fingerprint density at radius 2 is 2.20 bits per heavy atom. The molecular formula is C10H15NO3S. The maximum Gasteiger partial charge on any atom is 0.346 e. The van der Waals surface area contributed by atoms with Gasteiger partial charge in [-0.1, -0.05) is 0 Å². The lowest BCUT2D eigenvalue weighted by Crippen LogP contribution is -2.24. The van der Waals surface area contributed by atoms with Crippen LogP contribution in [-0.2, 0) is 14.3 Å². The van der Waals surface area contributed by atoms with Gasteiger partial charge in [-0.3, -0.25) is 4.99 Å². The quantitative estimate of drug-likeness (QED) is 0.690. The highest BCUT2D eigenvalue weighted by Crippen LogP contribution is 2.36. The van der Waals surface area contributed by atoms with Crippen molar-refractivity contribution < 1.29 is 14.3 Å². The molecule has 0 radical (unpaired) electrons. The Kier molecular flexibility index (Phi) is 3.93. The van der Waals surface area contributed by atoms with Crippen molar-refractivity contribution in [3.05, 3.63) is 10.6 Å². The van der Waals surface area contributed by atoms with E-state index in [4.69, 9.17) is 9.47 Å². The van der Waals surface area contributed by atoms with Crippen LogP contribution < -0.4 is 0 Å². The van der Waals surface area contributed by atoms with E-state index in [0.29, 0.717) is 17.2 Å². The van der Waals surface area contributed by atoms with Gasteiger partial charge in [-0.05, 0) is 13.8 Å². The van der Waals surface area contributed by atoms with E-state index in [1.807, 2.05) is 20.1 Å². The molecule has 0 bridgehead atoms. The van der Waals surface area contributed by atoms with Gasteiger partial charge in [-0.25, -0.2) is 4.79 Å². The van der Waals surface area contributed by atoms with Crippen molar-refractivity contribution in [2.24, 2.45) is 4.99 Å². The highest BCUT2D eigenvalue weighted by atomic mass is 32.2. The zero-order valence-electron chi connectivity index (χ0n) is 9.36. The number of carbonyl (C=O) groups excluding carboxylic acids is 1. The van der Waals surface area contributed by atoms with Gasteiger partial charge in [0.1, 0.15) is 4.91 Å². The molecule has 1 aliphatic heterocycles. The molecule has 0 amide bonds. The summed E-state index contributed by atoms with van der Waals surface area (Å²) in [6.07, 6.45) is 1.82. The molecule has 1 rings (SSSR count). The molecule has 0 unspecified atom stereocenters. The number of hydrogen-bond donors (Lipinski definition) is 0. The third-order valence-corrected chi connectivity index (χ3v) is 3.05. The fraction of sp³-hybridized carbons (Fsp3) is 0.600. The molecule has 0 N–H and O–H groups in total. The first-order chi connectivity index (χ1) is 7.00. The minimum atomic E-state index is -0.350. The number of thioether (sulfide) groups is 1. The number of methoxy groups -OCH3 is 2. The summed E-state index contributed by atoms with van der Waals surface area (Å²) in [6, 6.07) is 0. The Labute approximate surface area is 93.7 Å². The molecule has 5 heteroatoms. The SMILES string of the molecule is COCC1=C(C(=O)OC)SC(C)(C)C=N1. The summed E-state index contributed by atoms with van der Waals surface area (Å²) < 4.78 is 9.51. The molecule has 4 nitrogen and oxygen atoms in total. The van der Waals surface area contributed by atoms with E-state index in [1.165, 1.54) is 18.9 Å². The zero-order chi connectivity index (χ0) is 11.5. The normalized spacial score (nSPS) is 19.2. The third kappa shape index (κ3) is 3.07. The summed E-state index contributed by atoms with van der Waals surface area (Å²) >= 11 is 1.45. The lowest BCUT2D eigenvalue weighted by molar-refractivity contribution is -0.135. The number of hydrogen-bond acceptors (Lipinski definition) is 5. The first-order valence-corrected chi connectivity index (χ1v) is 5.36. The van der Waals surface area contributed by atoms with Gasteiger partial charge >= 0.3 is 5.97 Å². The lowest BCUT2D eigenvalue weighted by atomic mass is 10.2. The van der Waals surface area contributed by atoms with E-state index in [-0.39, 0.29) is 10.7 Å². The second kappa shape index (κ2) is 4.81. The Balaban J connectivity index is 2.98. The van der Waals surface area contributed by atoms with Crippen LogP contribution in [0.3, 0.4) is 0 Å². The van der Waals surface area contributed by atoms with Crippen LogP contribution in [0.25, 0.3) is 0 Å². The number of carbonyl (C=O) groups is 1. The van der Waals surface area contributed by atoms with Crippen molar-refractivity contribution in [1.29, 1.82) is 0 Å². The van der Waals surface area contributed by atoms with Crippen LogP contribution in [0.1, 0.15) is 13.8 Å². The molecule has 15 heavy (non-hydrogen) atoms. The summed E-state index contributed by atoms with van der Waals surface area (Å²) in [5.41, 5.74) is 0.633. The van der Waals surface area contributed by atoms with Crippen molar-refractivity contribution >= 4 is 23.9 Å². The maximum atomic E-state index is 11.5. The van der Waals surface area contributed by atoms with Gasteiger partial charge in [0.2, 0.25) is 0 Å². The van der Waals surface area contributed by atoms with E-state index < -0.39 is 0 Å². The van der Waals surface area contributed by atoms with Crippen LogP contribution in [0.4, 0.5) is 0 Å². The van der Waals surface area contributed by atoms with Gasteiger partial charge in [-0.15, -0.1) is 11.8 Å². The van der Waals surface area contributed by atoms with Gasteiger partial charge in [0.15, 0.2) is 0 Å². The Morgan fingerprint density at radius 3 is 2.73 bits per heavy atom. The van der Waals surface area contributed by atoms with Gasteiger partial charge in [-0.2, -0.15) is 0 Å². The maximum absolute atomic E-state index is 11.5. The van der Waals surface area contributed by atoms with E-state index in [9.17, 15) is 4.79 Å². The summed E-state index contributed by atoms with van der Waals surface area (Å²) in [7, 11) is 2.94. The van der Waals surface area contributed by atoms with Gasteiger partial charge in [0.05, 0.1) is 24.2 Å². The average Bonchev–Trinajstić information content (AvgIpc) is 2.19. The minimum absolute atomic E-state index is 0.180. The molecule has 0 atom stereocenters. The zero-order valence-corrected chi connectivity index (χ0v) is 10.2. The molecule has 0 aliphatic carbocycles. The topological polar surface area (TPSA) is 47.9 Å². The van der Waals surface area contributed by atoms with Crippen molar-refractivity contribution in [3.8, 4) is 0 Å². The summed E-state index contributed by atoms with van der Waals surface area (Å²) in [4.78, 5) is 16.3. The van der Waals surface area contributed by atoms with Crippen molar-refractivity contribution in [2.75, 3.05) is 20.8 Å². The molecule has 0 fully saturated rings. The summed E-state index contributed by atoms with van der Waals surface area (Å²) in [5, 5.41) is 0. The van der Waals surface area contributed by atoms with Crippen LogP contribution in [0.5, 0.6) is 0 Å². The van der Waals surface area contributed by atoms with Gasteiger partial charge in [0, 0.05) is 13.3 Å². The van der Waals surface area contributed by atoms with Gasteiger partial charge in [0.25, 0.3) is 0 Å². The molecule has 0 saturated carbocycles. The molecule has 0 aromatic rings. The largest absolute Gasteiger partial charge is 0.465 e. The van der Waals surface area contributed by atoms with E-state index in [2.05, 4.69) is 4.99 Å². The molecule has 0 saturated heterocycles. The second-order valence-corrected chi connectivity index (χ2v) is 5.33. The molecule has 0 aromatic heterocycles. The van der Waals surface area contributed by atoms with Crippen molar-refractivity contribution in [1.82, 2.24) is 0 Å². The molecule has 0 spiro atoms. The average molecular weight is 229 g/mol. The fourth-order valence-corrected chi connectivity index (χ4v) is 2.16. The minimum Gasteiger partial charge on any atom is -0.465 e. The predicted octanol–water partition coefficient (Wildman–Crippen LogP) is 1.61. The molecule has 84 valence electrons. The smallest absolute Gasteiger partial charge is 0.346 e. The predicted molar refractivity (Wildman–Crippen MR) is 61.1 cm³/mol. The van der Waals surface area contributed by atoms with E-state index in [1.54, 1.807) is 7.11 Å². The number of ether oxygens (including phenoxy) is 2. The summed E-state index contributed by atoms with van der Waals surface area (Å²) in [6.45, 7) is 4.31. The first kappa shape index (κ1) is 12.3. The van der Waals surface area contributed by atoms with Crippen LogP contribution >= 0.6 is 11.8 Å². The van der Waals surface area contributed by atoms with Crippen molar-refractivity contribution in [2.45, 2.75) is 18.6 Å². The highest BCUT2D eigenvalue weighted by Gasteiger charge is 2.29. The molecular weight excluding hydrogens is 214 g/mol. The van der Waals surface area contributed by atoms with Crippen LogP contribution in [-0.4, -0.2) is 37.8 Å². The third-order valence-electron chi connectivity index (χ3n) is 1.81. The van der Waals surface area contributed by atoms with Gasteiger partial charge < -0.3 is 9.47 Å². The number of esters is 1. The molecule has 1 aliphatic rings. The van der Waals surface area contributed by atoms with E-state index >= 15 is 0 Å². The number of nitrogens with zero attached hydrogens (tertiary/aromatic N) is 1. The van der Waals surface area contributed by atoms with Crippen LogP contribution in [0.2, 0.25) is 0 Å². The standard InChI is InChI=1S/C10H15NO3S/c1-10(2)6-11-7(5-13-3)8(15-10)9(12)14-4/h6H,5H2,1-4H3. The Hall–Kier alpha value is -0.810. The number of aliphatic imine (C=N–C) groups is 1. The monoisotopic (exact) mass is 229 g/mol. The van der Waals surface area contributed by atoms with Crippen molar-refractivity contribution in [3.63, 3.8) is 0 Å². The van der Waals surface area contributed by atoms with Crippen LogP contribution in [0, 0.1) is 0 Å². The molecule has 1 heterocycles. The van der Waals surface area contributed by atoms with E-state index in [0.717, 1.165) is 0 Å². The second-order valence-electron chi connectivity index (χ2n) is 3.66. The highest BCUT2D eigenvalue weighted by molar-refractivity contribution is 8.05. The fourth-order valence-electron chi connectivity index (χ4n) is 1.13. The molecule has 0 aromatic carbocycles. The van der Waals surface area contributed by atoms with Crippen LogP contribution in [0.15, 0.2) is 15.6 Å². The first-order valence-electron chi connectivity index (χ1n) is 4.55. The Morgan fingerprint density at radius 1 is 1.53 bits per heavy atom. The lowest BCUT2D eigenvalue weighted by Gasteiger charge is -2.24. The Bertz CT molecular complexity index is 321. The summed E-state index contributed by atoms with van der Waals surface area (Å²) in [5.74, 6) is -0.350.